The molecule has 6 nitrogen and oxygen atoms in total. The topological polar surface area (TPSA) is 87.1 Å². The monoisotopic (exact) mass is 280 g/mol. The van der Waals surface area contributed by atoms with E-state index in [0.717, 1.165) is 25.2 Å². The first-order valence-corrected chi connectivity index (χ1v) is 7.65. The first kappa shape index (κ1) is 15.1. The SMILES string of the molecule is CCOC(=O)C1(NCCN=[N+]=[N-])CCCC(C2CC2)C1. The average Bonchev–Trinajstić information content (AvgIpc) is 3.29. The summed E-state index contributed by atoms with van der Waals surface area (Å²) in [5.41, 5.74) is 7.76. The van der Waals surface area contributed by atoms with Gasteiger partial charge in [-0.3, -0.25) is 4.79 Å². The summed E-state index contributed by atoms with van der Waals surface area (Å²) in [6.45, 7) is 3.14. The van der Waals surface area contributed by atoms with Crippen LogP contribution in [0.1, 0.15) is 45.4 Å². The maximum absolute atomic E-state index is 12.4. The summed E-state index contributed by atoms with van der Waals surface area (Å²) in [6, 6.07) is 0. The Kier molecular flexibility index (Phi) is 5.26. The van der Waals surface area contributed by atoms with E-state index in [9.17, 15) is 4.79 Å². The third kappa shape index (κ3) is 3.64. The van der Waals surface area contributed by atoms with Crippen molar-refractivity contribution in [3.05, 3.63) is 10.4 Å². The van der Waals surface area contributed by atoms with Gasteiger partial charge in [-0.05, 0) is 50.0 Å². The number of carbonyl (C=O) groups excluding carboxylic acids is 1. The molecule has 0 aromatic heterocycles. The fourth-order valence-electron chi connectivity index (χ4n) is 3.36. The van der Waals surface area contributed by atoms with E-state index in [0.29, 0.717) is 25.6 Å². The minimum atomic E-state index is -0.563. The number of nitrogens with zero attached hydrogens (tertiary/aromatic N) is 3. The fraction of sp³-hybridized carbons (Fsp3) is 0.929. The normalized spacial score (nSPS) is 29.6. The highest BCUT2D eigenvalue weighted by atomic mass is 16.5. The van der Waals surface area contributed by atoms with Crippen molar-refractivity contribution in [1.82, 2.24) is 5.32 Å². The van der Waals surface area contributed by atoms with E-state index >= 15 is 0 Å². The van der Waals surface area contributed by atoms with Crippen LogP contribution in [0.4, 0.5) is 0 Å². The van der Waals surface area contributed by atoms with Crippen LogP contribution in [0.5, 0.6) is 0 Å². The first-order valence-electron chi connectivity index (χ1n) is 7.65. The summed E-state index contributed by atoms with van der Waals surface area (Å²) in [6.07, 6.45) is 6.60. The Morgan fingerprint density at radius 3 is 2.90 bits per heavy atom. The number of esters is 1. The molecule has 2 saturated carbocycles. The predicted molar refractivity (Wildman–Crippen MR) is 76.1 cm³/mol. The van der Waals surface area contributed by atoms with Crippen molar-refractivity contribution < 1.29 is 9.53 Å². The highest BCUT2D eigenvalue weighted by Gasteiger charge is 2.47. The van der Waals surface area contributed by atoms with Crippen LogP contribution in [-0.2, 0) is 9.53 Å². The van der Waals surface area contributed by atoms with Gasteiger partial charge in [0, 0.05) is 18.0 Å². The van der Waals surface area contributed by atoms with Gasteiger partial charge in [0.25, 0.3) is 0 Å². The van der Waals surface area contributed by atoms with Crippen LogP contribution in [0.2, 0.25) is 0 Å². The number of nitrogens with one attached hydrogen (secondary N) is 1. The Balaban J connectivity index is 2.01. The van der Waals surface area contributed by atoms with Crippen molar-refractivity contribution in [2.75, 3.05) is 19.7 Å². The fourth-order valence-corrected chi connectivity index (χ4v) is 3.36. The molecule has 0 amide bonds. The summed E-state index contributed by atoms with van der Waals surface area (Å²) in [4.78, 5) is 15.1. The number of azide groups is 1. The summed E-state index contributed by atoms with van der Waals surface area (Å²) < 4.78 is 5.29. The maximum Gasteiger partial charge on any atom is 0.326 e. The number of rotatable bonds is 7. The third-order valence-corrected chi connectivity index (χ3v) is 4.48. The molecule has 1 N–H and O–H groups in total. The molecule has 112 valence electrons. The van der Waals surface area contributed by atoms with Gasteiger partial charge in [0.1, 0.15) is 5.54 Å². The highest BCUT2D eigenvalue weighted by Crippen LogP contribution is 2.46. The van der Waals surface area contributed by atoms with Crippen LogP contribution in [-0.4, -0.2) is 31.2 Å². The van der Waals surface area contributed by atoms with Gasteiger partial charge in [0.2, 0.25) is 0 Å². The van der Waals surface area contributed by atoms with E-state index in [1.54, 1.807) is 0 Å². The van der Waals surface area contributed by atoms with Gasteiger partial charge in [0.05, 0.1) is 6.61 Å². The van der Waals surface area contributed by atoms with Gasteiger partial charge >= 0.3 is 5.97 Å². The summed E-state index contributed by atoms with van der Waals surface area (Å²) in [5, 5.41) is 6.85. The van der Waals surface area contributed by atoms with E-state index in [-0.39, 0.29) is 5.97 Å². The van der Waals surface area contributed by atoms with E-state index in [2.05, 4.69) is 15.3 Å². The predicted octanol–water partition coefficient (Wildman–Crippen LogP) is 2.79. The molecule has 2 rings (SSSR count). The molecule has 0 bridgehead atoms. The van der Waals surface area contributed by atoms with Crippen LogP contribution >= 0.6 is 0 Å². The molecule has 0 aromatic rings. The van der Waals surface area contributed by atoms with Crippen LogP contribution in [0, 0.1) is 11.8 Å². The number of hydrogen-bond donors (Lipinski definition) is 1. The minimum absolute atomic E-state index is 0.133. The summed E-state index contributed by atoms with van der Waals surface area (Å²) in [7, 11) is 0. The van der Waals surface area contributed by atoms with Gasteiger partial charge in [-0.25, -0.2) is 0 Å². The number of carbonyl (C=O) groups is 1. The van der Waals surface area contributed by atoms with Crippen LogP contribution in [0.3, 0.4) is 0 Å². The molecule has 0 heterocycles. The van der Waals surface area contributed by atoms with Crippen LogP contribution in [0.15, 0.2) is 5.11 Å². The Bertz CT molecular complexity index is 391. The first-order chi connectivity index (χ1) is 9.72. The molecular weight excluding hydrogens is 256 g/mol. The van der Waals surface area contributed by atoms with Gasteiger partial charge in [0.15, 0.2) is 0 Å². The average molecular weight is 280 g/mol. The molecule has 2 aliphatic carbocycles. The van der Waals surface area contributed by atoms with Gasteiger partial charge in [-0.15, -0.1) is 0 Å². The lowest BCUT2D eigenvalue weighted by molar-refractivity contribution is -0.153. The molecule has 0 aromatic carbocycles. The number of ether oxygens (including phenoxy) is 1. The molecule has 6 heteroatoms. The molecule has 0 saturated heterocycles. The Labute approximate surface area is 119 Å². The standard InChI is InChI=1S/C14H24N4O2/c1-2-20-13(19)14(16-8-9-17-18-15)7-3-4-12(10-14)11-5-6-11/h11-12,16H,2-10H2,1H3. The van der Waals surface area contributed by atoms with Crippen molar-refractivity contribution in [3.8, 4) is 0 Å². The molecule has 0 radical (unpaired) electrons. The third-order valence-electron chi connectivity index (χ3n) is 4.48. The number of hydrogen-bond acceptors (Lipinski definition) is 4. The second-order valence-electron chi connectivity index (χ2n) is 5.88. The zero-order valence-corrected chi connectivity index (χ0v) is 12.2. The second kappa shape index (κ2) is 6.95. The lowest BCUT2D eigenvalue weighted by Gasteiger charge is -2.39. The van der Waals surface area contributed by atoms with Crippen molar-refractivity contribution in [2.24, 2.45) is 17.0 Å². The quantitative estimate of drug-likeness (QED) is 0.256. The van der Waals surface area contributed by atoms with E-state index < -0.39 is 5.54 Å². The Hall–Kier alpha value is -1.26. The molecule has 0 aliphatic heterocycles. The lowest BCUT2D eigenvalue weighted by Crippen LogP contribution is -2.56. The molecule has 2 unspecified atom stereocenters. The smallest absolute Gasteiger partial charge is 0.326 e. The van der Waals surface area contributed by atoms with Crippen LogP contribution < -0.4 is 5.32 Å². The van der Waals surface area contributed by atoms with Crippen molar-refractivity contribution in [2.45, 2.75) is 51.0 Å². The van der Waals surface area contributed by atoms with Gasteiger partial charge in [-0.1, -0.05) is 18.0 Å². The van der Waals surface area contributed by atoms with Crippen molar-refractivity contribution >= 4 is 5.97 Å². The maximum atomic E-state index is 12.4. The lowest BCUT2D eigenvalue weighted by atomic mass is 9.73. The molecule has 2 aliphatic rings. The molecule has 0 spiro atoms. The van der Waals surface area contributed by atoms with Gasteiger partial charge < -0.3 is 10.1 Å². The van der Waals surface area contributed by atoms with Crippen LogP contribution in [0.25, 0.3) is 10.4 Å². The second-order valence-corrected chi connectivity index (χ2v) is 5.88. The van der Waals surface area contributed by atoms with Crippen molar-refractivity contribution in [1.29, 1.82) is 0 Å². The van der Waals surface area contributed by atoms with E-state index in [1.165, 1.54) is 19.3 Å². The summed E-state index contributed by atoms with van der Waals surface area (Å²) in [5.74, 6) is 1.31. The molecule has 2 fully saturated rings. The molecule has 2 atom stereocenters. The largest absolute Gasteiger partial charge is 0.465 e. The Morgan fingerprint density at radius 2 is 2.25 bits per heavy atom. The zero-order valence-electron chi connectivity index (χ0n) is 12.2. The molecule has 20 heavy (non-hydrogen) atoms. The zero-order chi connectivity index (χ0) is 14.4. The Morgan fingerprint density at radius 1 is 1.45 bits per heavy atom. The highest BCUT2D eigenvalue weighted by molar-refractivity contribution is 5.81. The van der Waals surface area contributed by atoms with Gasteiger partial charge in [-0.2, -0.15) is 0 Å². The van der Waals surface area contributed by atoms with Crippen molar-refractivity contribution in [3.63, 3.8) is 0 Å². The summed E-state index contributed by atoms with van der Waals surface area (Å²) >= 11 is 0. The van der Waals surface area contributed by atoms with E-state index in [1.807, 2.05) is 6.92 Å². The molecular formula is C14H24N4O2. The minimum Gasteiger partial charge on any atom is -0.465 e. The van der Waals surface area contributed by atoms with E-state index in [4.69, 9.17) is 10.3 Å².